The summed E-state index contributed by atoms with van der Waals surface area (Å²) in [5.74, 6) is -0.119. The number of phenols is 1. The summed E-state index contributed by atoms with van der Waals surface area (Å²) in [6.45, 7) is 5.57. The zero-order valence-corrected chi connectivity index (χ0v) is 10.8. The lowest BCUT2D eigenvalue weighted by atomic mass is 10.1. The number of aromatic hydroxyl groups is 1. The van der Waals surface area contributed by atoms with Crippen molar-refractivity contribution < 1.29 is 9.90 Å². The maximum atomic E-state index is 11.9. The molecule has 4 heteroatoms. The number of benzene rings is 1. The molecule has 98 valence electrons. The second-order valence-electron chi connectivity index (χ2n) is 4.78. The lowest BCUT2D eigenvalue weighted by molar-refractivity contribution is 0.0947. The number of hydrogen-bond acceptors (Lipinski definition) is 3. The number of amides is 1. The molecule has 1 aromatic carbocycles. The van der Waals surface area contributed by atoms with Gasteiger partial charge in [0.25, 0.3) is 5.91 Å². The average molecular weight is 248 g/mol. The third-order valence-corrected chi connectivity index (χ3v) is 3.39. The molecule has 2 rings (SSSR count). The largest absolute Gasteiger partial charge is 0.507 e. The summed E-state index contributed by atoms with van der Waals surface area (Å²) in [4.78, 5) is 14.2. The van der Waals surface area contributed by atoms with Gasteiger partial charge in [-0.15, -0.1) is 0 Å². The Morgan fingerprint density at radius 3 is 2.83 bits per heavy atom. The summed E-state index contributed by atoms with van der Waals surface area (Å²) >= 11 is 0. The number of nitrogens with one attached hydrogen (secondary N) is 1. The van der Waals surface area contributed by atoms with E-state index in [-0.39, 0.29) is 11.7 Å². The summed E-state index contributed by atoms with van der Waals surface area (Å²) in [5, 5.41) is 12.7. The van der Waals surface area contributed by atoms with E-state index in [1.165, 1.54) is 12.8 Å². The first-order valence-electron chi connectivity index (χ1n) is 6.47. The number of rotatable bonds is 4. The molecule has 1 aliphatic heterocycles. The third kappa shape index (κ3) is 3.01. The second-order valence-corrected chi connectivity index (χ2v) is 4.78. The molecule has 2 N–H and O–H groups in total. The summed E-state index contributed by atoms with van der Waals surface area (Å²) in [7, 11) is 0. The van der Waals surface area contributed by atoms with Crippen LogP contribution in [0.1, 0.15) is 28.8 Å². The topological polar surface area (TPSA) is 52.6 Å². The van der Waals surface area contributed by atoms with Gasteiger partial charge in [-0.3, -0.25) is 4.79 Å². The van der Waals surface area contributed by atoms with E-state index >= 15 is 0 Å². The highest BCUT2D eigenvalue weighted by molar-refractivity contribution is 5.97. The van der Waals surface area contributed by atoms with Crippen LogP contribution in [0.15, 0.2) is 18.2 Å². The molecule has 1 saturated heterocycles. The van der Waals surface area contributed by atoms with Crippen LogP contribution in [0.25, 0.3) is 0 Å². The van der Waals surface area contributed by atoms with Gasteiger partial charge in [-0.25, -0.2) is 0 Å². The van der Waals surface area contributed by atoms with Crippen molar-refractivity contribution in [3.8, 4) is 5.75 Å². The van der Waals surface area contributed by atoms with Crippen LogP contribution in [0.5, 0.6) is 5.75 Å². The number of para-hydroxylation sites is 1. The Kier molecular flexibility index (Phi) is 4.20. The third-order valence-electron chi connectivity index (χ3n) is 3.39. The Balaban J connectivity index is 1.85. The van der Waals surface area contributed by atoms with E-state index in [4.69, 9.17) is 0 Å². The van der Waals surface area contributed by atoms with Crippen LogP contribution in [-0.2, 0) is 0 Å². The molecule has 0 aromatic heterocycles. The highest BCUT2D eigenvalue weighted by Crippen LogP contribution is 2.20. The zero-order chi connectivity index (χ0) is 13.0. The Bertz CT molecular complexity index is 426. The molecule has 4 nitrogen and oxygen atoms in total. The van der Waals surface area contributed by atoms with Crippen molar-refractivity contribution in [2.45, 2.75) is 19.8 Å². The monoisotopic (exact) mass is 248 g/mol. The molecule has 0 spiro atoms. The maximum absolute atomic E-state index is 11.9. The van der Waals surface area contributed by atoms with Crippen molar-refractivity contribution in [1.82, 2.24) is 10.2 Å². The lowest BCUT2D eigenvalue weighted by Crippen LogP contribution is -2.33. The smallest absolute Gasteiger partial charge is 0.255 e. The van der Waals surface area contributed by atoms with Crippen LogP contribution in [-0.4, -0.2) is 42.1 Å². The van der Waals surface area contributed by atoms with Crippen LogP contribution >= 0.6 is 0 Å². The molecule has 0 aliphatic carbocycles. The summed E-state index contributed by atoms with van der Waals surface area (Å²) in [5.41, 5.74) is 1.08. The van der Waals surface area contributed by atoms with Crippen molar-refractivity contribution in [3.05, 3.63) is 29.3 Å². The van der Waals surface area contributed by atoms with E-state index in [2.05, 4.69) is 10.2 Å². The first-order valence-corrected chi connectivity index (χ1v) is 6.47. The van der Waals surface area contributed by atoms with Gasteiger partial charge in [0, 0.05) is 13.1 Å². The molecule has 0 atom stereocenters. The normalized spacial score (nSPS) is 15.8. The van der Waals surface area contributed by atoms with E-state index in [1.54, 1.807) is 25.1 Å². The maximum Gasteiger partial charge on any atom is 0.255 e. The fraction of sp³-hybridized carbons (Fsp3) is 0.500. The van der Waals surface area contributed by atoms with Crippen LogP contribution in [0.2, 0.25) is 0 Å². The molecular formula is C14H20N2O2. The SMILES string of the molecule is Cc1cccc(C(=O)NCCN2CCCC2)c1O. The average Bonchev–Trinajstić information content (AvgIpc) is 2.85. The predicted molar refractivity (Wildman–Crippen MR) is 70.9 cm³/mol. The van der Waals surface area contributed by atoms with Gasteiger partial charge < -0.3 is 15.3 Å². The van der Waals surface area contributed by atoms with Crippen molar-refractivity contribution >= 4 is 5.91 Å². The van der Waals surface area contributed by atoms with E-state index < -0.39 is 0 Å². The zero-order valence-electron chi connectivity index (χ0n) is 10.8. The minimum absolute atomic E-state index is 0.0798. The first-order chi connectivity index (χ1) is 8.68. The van der Waals surface area contributed by atoms with Crippen molar-refractivity contribution in [3.63, 3.8) is 0 Å². The summed E-state index contributed by atoms with van der Waals surface area (Å²) < 4.78 is 0. The van der Waals surface area contributed by atoms with Crippen LogP contribution < -0.4 is 5.32 Å². The molecule has 0 saturated carbocycles. The fourth-order valence-corrected chi connectivity index (χ4v) is 2.27. The number of phenolic OH excluding ortho intramolecular Hbond substituents is 1. The van der Waals surface area contributed by atoms with Gasteiger partial charge in [-0.1, -0.05) is 12.1 Å². The standard InChI is InChI=1S/C14H20N2O2/c1-11-5-4-6-12(13(11)17)14(18)15-7-10-16-8-2-3-9-16/h4-6,17H,2-3,7-10H2,1H3,(H,15,18). The molecule has 18 heavy (non-hydrogen) atoms. The minimum atomic E-state index is -0.199. The van der Waals surface area contributed by atoms with Gasteiger partial charge >= 0.3 is 0 Å². The van der Waals surface area contributed by atoms with Gasteiger partial charge in [0.1, 0.15) is 5.75 Å². The number of likely N-dealkylation sites (tertiary alicyclic amines) is 1. The highest BCUT2D eigenvalue weighted by atomic mass is 16.3. The Labute approximate surface area is 108 Å². The van der Waals surface area contributed by atoms with Crippen LogP contribution in [0.3, 0.4) is 0 Å². The van der Waals surface area contributed by atoms with Gasteiger partial charge in [-0.2, -0.15) is 0 Å². The molecule has 1 aromatic rings. The number of nitrogens with zero attached hydrogens (tertiary/aromatic N) is 1. The molecule has 1 aliphatic rings. The van der Waals surface area contributed by atoms with E-state index in [0.717, 1.165) is 25.2 Å². The second kappa shape index (κ2) is 5.87. The van der Waals surface area contributed by atoms with Gasteiger partial charge in [0.2, 0.25) is 0 Å². The van der Waals surface area contributed by atoms with Gasteiger partial charge in [0.15, 0.2) is 0 Å². The molecule has 1 heterocycles. The molecule has 0 unspecified atom stereocenters. The lowest BCUT2D eigenvalue weighted by Gasteiger charge is -2.15. The van der Waals surface area contributed by atoms with Crippen molar-refractivity contribution in [2.24, 2.45) is 0 Å². The quantitative estimate of drug-likeness (QED) is 0.849. The summed E-state index contributed by atoms with van der Waals surface area (Å²) in [6, 6.07) is 5.22. The molecule has 0 bridgehead atoms. The highest BCUT2D eigenvalue weighted by Gasteiger charge is 2.14. The van der Waals surface area contributed by atoms with Gasteiger partial charge in [0.05, 0.1) is 5.56 Å². The van der Waals surface area contributed by atoms with E-state index in [1.807, 2.05) is 0 Å². The number of carbonyl (C=O) groups is 1. The van der Waals surface area contributed by atoms with E-state index in [9.17, 15) is 9.90 Å². The number of aryl methyl sites for hydroxylation is 1. The van der Waals surface area contributed by atoms with E-state index in [0.29, 0.717) is 12.1 Å². The molecular weight excluding hydrogens is 228 g/mol. The number of carbonyl (C=O) groups excluding carboxylic acids is 1. The first kappa shape index (κ1) is 12.9. The Hall–Kier alpha value is -1.55. The van der Waals surface area contributed by atoms with Crippen LogP contribution in [0, 0.1) is 6.92 Å². The number of hydrogen-bond donors (Lipinski definition) is 2. The minimum Gasteiger partial charge on any atom is -0.507 e. The predicted octanol–water partition coefficient (Wildman–Crippen LogP) is 1.53. The Morgan fingerprint density at radius 2 is 2.11 bits per heavy atom. The van der Waals surface area contributed by atoms with Crippen molar-refractivity contribution in [1.29, 1.82) is 0 Å². The van der Waals surface area contributed by atoms with Crippen molar-refractivity contribution in [2.75, 3.05) is 26.2 Å². The molecule has 1 amide bonds. The molecule has 0 radical (unpaired) electrons. The van der Waals surface area contributed by atoms with Gasteiger partial charge in [-0.05, 0) is 44.5 Å². The molecule has 1 fully saturated rings. The van der Waals surface area contributed by atoms with Crippen LogP contribution in [0.4, 0.5) is 0 Å². The Morgan fingerprint density at radius 1 is 1.39 bits per heavy atom. The summed E-state index contributed by atoms with van der Waals surface area (Å²) in [6.07, 6.45) is 2.51. The fourth-order valence-electron chi connectivity index (χ4n) is 2.27.